The molecule has 0 bridgehead atoms. The normalized spacial score (nSPS) is 12.4. The highest BCUT2D eigenvalue weighted by Gasteiger charge is 2.18. The lowest BCUT2D eigenvalue weighted by molar-refractivity contribution is 0.153. The number of fused-ring (bicyclic) bond motifs is 2. The molecule has 10 heteroatoms. The van der Waals surface area contributed by atoms with Crippen molar-refractivity contribution in [3.63, 3.8) is 0 Å². The van der Waals surface area contributed by atoms with Gasteiger partial charge in [0.1, 0.15) is 11.4 Å². The molecule has 3 aromatic heterocycles. The summed E-state index contributed by atoms with van der Waals surface area (Å²) in [5, 5.41) is 8.87. The van der Waals surface area contributed by atoms with Gasteiger partial charge in [-0.25, -0.2) is 14.8 Å². The number of carbonyl (C=O) groups is 1. The number of nitrogens with one attached hydrogen (secondary N) is 2. The zero-order valence-electron chi connectivity index (χ0n) is 16.8. The fourth-order valence-corrected chi connectivity index (χ4v) is 3.41. The smallest absolute Gasteiger partial charge is 0.406 e. The van der Waals surface area contributed by atoms with Gasteiger partial charge in [-0.1, -0.05) is 18.5 Å². The molecule has 3 heterocycles. The number of aromatic nitrogens is 5. The number of hydrogen-bond donors (Lipinski definition) is 2. The van der Waals surface area contributed by atoms with Crippen LogP contribution in [0.3, 0.4) is 0 Å². The molecule has 0 aliphatic rings. The number of H-pyrrole nitrogens is 1. The molecule has 0 spiro atoms. The van der Waals surface area contributed by atoms with Crippen molar-refractivity contribution in [3.05, 3.63) is 35.6 Å². The van der Waals surface area contributed by atoms with E-state index in [4.69, 9.17) is 21.1 Å². The third kappa shape index (κ3) is 3.81. The lowest BCUT2D eigenvalue weighted by Gasteiger charge is -2.15. The van der Waals surface area contributed by atoms with Crippen LogP contribution >= 0.6 is 11.6 Å². The minimum atomic E-state index is -0.579. The van der Waals surface area contributed by atoms with Crippen molar-refractivity contribution in [2.24, 2.45) is 7.05 Å². The van der Waals surface area contributed by atoms with Gasteiger partial charge in [0.05, 0.1) is 24.4 Å². The number of halogens is 1. The van der Waals surface area contributed by atoms with Gasteiger partial charge in [-0.15, -0.1) is 0 Å². The number of aryl methyl sites for hydroxylation is 1. The summed E-state index contributed by atoms with van der Waals surface area (Å²) >= 11 is 6.11. The molecule has 2 N–H and O–H groups in total. The van der Waals surface area contributed by atoms with E-state index in [-0.39, 0.29) is 11.8 Å². The molecule has 9 nitrogen and oxygen atoms in total. The molecule has 1 amide bonds. The Labute approximate surface area is 177 Å². The highest BCUT2D eigenvalue weighted by molar-refractivity contribution is 6.31. The summed E-state index contributed by atoms with van der Waals surface area (Å²) in [5.41, 5.74) is 3.06. The molecule has 0 fully saturated rings. The van der Waals surface area contributed by atoms with Gasteiger partial charge in [-0.2, -0.15) is 5.10 Å². The van der Waals surface area contributed by atoms with Crippen molar-refractivity contribution in [1.82, 2.24) is 30.0 Å². The van der Waals surface area contributed by atoms with Gasteiger partial charge in [0.2, 0.25) is 0 Å². The number of hydrogen-bond acceptors (Lipinski definition) is 6. The van der Waals surface area contributed by atoms with Crippen LogP contribution in [0.25, 0.3) is 33.5 Å². The van der Waals surface area contributed by atoms with E-state index < -0.39 is 6.09 Å². The molecule has 1 atom stereocenters. The van der Waals surface area contributed by atoms with Crippen LogP contribution in [0.1, 0.15) is 13.3 Å². The zero-order valence-corrected chi connectivity index (χ0v) is 17.5. The monoisotopic (exact) mass is 428 g/mol. The maximum atomic E-state index is 12.3. The Morgan fingerprint density at radius 1 is 1.40 bits per heavy atom. The molecular formula is C20H21ClN6O3. The second kappa shape index (κ2) is 8.29. The Bertz CT molecular complexity index is 1220. The van der Waals surface area contributed by atoms with Gasteiger partial charge in [0.25, 0.3) is 0 Å². The summed E-state index contributed by atoms with van der Waals surface area (Å²) in [7, 11) is 3.43. The number of rotatable bonds is 6. The SMILES string of the molecule is CC[C@@H](COC)NC(=O)Oc1c[nH]c2ncc(-c3nn(C)c4cc(Cl)ccc34)nc12. The van der Waals surface area contributed by atoms with Crippen LogP contribution in [0.15, 0.2) is 30.6 Å². The molecule has 156 valence electrons. The first-order valence-corrected chi connectivity index (χ1v) is 9.82. The second-order valence-electron chi connectivity index (χ2n) is 6.83. The average Bonchev–Trinajstić information content (AvgIpc) is 3.28. The third-order valence-electron chi connectivity index (χ3n) is 4.79. The summed E-state index contributed by atoms with van der Waals surface area (Å²) in [6.45, 7) is 2.36. The minimum absolute atomic E-state index is 0.138. The van der Waals surface area contributed by atoms with Gasteiger partial charge in [0.15, 0.2) is 16.9 Å². The van der Waals surface area contributed by atoms with E-state index in [1.165, 1.54) is 0 Å². The first-order valence-electron chi connectivity index (χ1n) is 9.44. The van der Waals surface area contributed by atoms with E-state index >= 15 is 0 Å². The topological polar surface area (TPSA) is 107 Å². The van der Waals surface area contributed by atoms with Crippen molar-refractivity contribution >= 4 is 39.8 Å². The summed E-state index contributed by atoms with van der Waals surface area (Å²) < 4.78 is 12.3. The standard InChI is InChI=1S/C20H21ClN6O3/c1-4-12(10-29-3)24-20(28)30-16-9-23-19-18(16)25-14(8-22-19)17-13-6-5-11(21)7-15(13)27(2)26-17/h5-9,12H,4,10H2,1-3H3,(H,22,23)(H,24,28)/t12-/m0/s1. The fraction of sp³-hybridized carbons (Fsp3) is 0.300. The van der Waals surface area contributed by atoms with Crippen LogP contribution < -0.4 is 10.1 Å². The number of methoxy groups -OCH3 is 1. The van der Waals surface area contributed by atoms with Crippen molar-refractivity contribution < 1.29 is 14.3 Å². The highest BCUT2D eigenvalue weighted by Crippen LogP contribution is 2.30. The number of amides is 1. The summed E-state index contributed by atoms with van der Waals surface area (Å²) in [6.07, 6.45) is 3.33. The third-order valence-corrected chi connectivity index (χ3v) is 5.02. The Balaban J connectivity index is 1.66. The first kappa shape index (κ1) is 20.1. The minimum Gasteiger partial charge on any atom is -0.406 e. The van der Waals surface area contributed by atoms with Gasteiger partial charge in [0, 0.05) is 30.8 Å². The second-order valence-corrected chi connectivity index (χ2v) is 7.27. The largest absolute Gasteiger partial charge is 0.413 e. The van der Waals surface area contributed by atoms with Crippen LogP contribution in [0.2, 0.25) is 5.02 Å². The molecule has 0 radical (unpaired) electrons. The van der Waals surface area contributed by atoms with Crippen molar-refractivity contribution in [2.75, 3.05) is 13.7 Å². The van der Waals surface area contributed by atoms with Gasteiger partial charge in [-0.05, 0) is 24.6 Å². The first-order chi connectivity index (χ1) is 14.5. The summed E-state index contributed by atoms with van der Waals surface area (Å²) in [6, 6.07) is 5.41. The van der Waals surface area contributed by atoms with Crippen molar-refractivity contribution in [3.8, 4) is 17.1 Å². The summed E-state index contributed by atoms with van der Waals surface area (Å²) in [5.74, 6) is 0.285. The van der Waals surface area contributed by atoms with Crippen LogP contribution in [0.4, 0.5) is 4.79 Å². The predicted octanol–water partition coefficient (Wildman–Crippen LogP) is 3.68. The van der Waals surface area contributed by atoms with Gasteiger partial charge in [-0.3, -0.25) is 4.68 Å². The number of carbonyl (C=O) groups excluding carboxylic acids is 1. The average molecular weight is 429 g/mol. The van der Waals surface area contributed by atoms with E-state index in [0.717, 1.165) is 17.3 Å². The van der Waals surface area contributed by atoms with E-state index in [9.17, 15) is 4.79 Å². The van der Waals surface area contributed by atoms with Crippen LogP contribution in [0, 0.1) is 0 Å². The Hall–Kier alpha value is -3.17. The number of aromatic amines is 1. The lowest BCUT2D eigenvalue weighted by atomic mass is 10.2. The fourth-order valence-electron chi connectivity index (χ4n) is 3.24. The highest BCUT2D eigenvalue weighted by atomic mass is 35.5. The van der Waals surface area contributed by atoms with E-state index in [1.807, 2.05) is 26.1 Å². The van der Waals surface area contributed by atoms with E-state index in [0.29, 0.717) is 34.2 Å². The predicted molar refractivity (Wildman–Crippen MR) is 114 cm³/mol. The maximum Gasteiger partial charge on any atom is 0.413 e. The molecule has 4 rings (SSSR count). The molecule has 0 saturated carbocycles. The van der Waals surface area contributed by atoms with Crippen LogP contribution in [0.5, 0.6) is 5.75 Å². The van der Waals surface area contributed by atoms with Crippen molar-refractivity contribution in [1.29, 1.82) is 0 Å². The number of nitrogens with zero attached hydrogens (tertiary/aromatic N) is 4. The van der Waals surface area contributed by atoms with Gasteiger partial charge >= 0.3 is 6.09 Å². The van der Waals surface area contributed by atoms with E-state index in [2.05, 4.69) is 25.4 Å². The number of benzene rings is 1. The quantitative estimate of drug-likeness (QED) is 0.485. The molecule has 0 saturated heterocycles. The zero-order chi connectivity index (χ0) is 21.3. The molecule has 30 heavy (non-hydrogen) atoms. The van der Waals surface area contributed by atoms with Gasteiger partial charge < -0.3 is 19.8 Å². The Kier molecular flexibility index (Phi) is 5.56. The Morgan fingerprint density at radius 2 is 2.23 bits per heavy atom. The molecule has 4 aromatic rings. The molecule has 0 aliphatic heterocycles. The lowest BCUT2D eigenvalue weighted by Crippen LogP contribution is -2.39. The summed E-state index contributed by atoms with van der Waals surface area (Å²) in [4.78, 5) is 24.3. The van der Waals surface area contributed by atoms with E-state index in [1.54, 1.807) is 30.3 Å². The number of ether oxygens (including phenoxy) is 2. The van der Waals surface area contributed by atoms with Crippen LogP contribution in [-0.4, -0.2) is 50.6 Å². The molecule has 0 aliphatic carbocycles. The van der Waals surface area contributed by atoms with Crippen LogP contribution in [-0.2, 0) is 11.8 Å². The molecule has 1 aromatic carbocycles. The maximum absolute atomic E-state index is 12.3. The van der Waals surface area contributed by atoms with Crippen molar-refractivity contribution in [2.45, 2.75) is 19.4 Å². The molecule has 0 unspecified atom stereocenters. The molecular weight excluding hydrogens is 408 g/mol. The Morgan fingerprint density at radius 3 is 3.00 bits per heavy atom.